The minimum absolute atomic E-state index is 0.0663. The molecule has 0 aliphatic rings. The topological polar surface area (TPSA) is 54.3 Å². The number of benzene rings is 1. The zero-order valence-electron chi connectivity index (χ0n) is 19.1. The second kappa shape index (κ2) is 11.2. The number of halogens is 1. The summed E-state index contributed by atoms with van der Waals surface area (Å²) in [5.74, 6) is 2.17. The molecule has 8 heteroatoms. The van der Waals surface area contributed by atoms with Crippen molar-refractivity contribution in [1.82, 2.24) is 24.6 Å². The van der Waals surface area contributed by atoms with E-state index < -0.39 is 0 Å². The maximum Gasteiger partial charge on any atom is 0.233 e. The van der Waals surface area contributed by atoms with Gasteiger partial charge in [-0.05, 0) is 57.1 Å². The summed E-state index contributed by atoms with van der Waals surface area (Å²) in [6.07, 6.45) is 0. The van der Waals surface area contributed by atoms with Crippen LogP contribution in [0.4, 0.5) is 0 Å². The Labute approximate surface area is 190 Å². The largest absolute Gasteiger partial charge is 0.341 e. The highest BCUT2D eigenvalue weighted by atomic mass is 35.5. The van der Waals surface area contributed by atoms with E-state index in [-0.39, 0.29) is 11.9 Å². The molecule has 2 rings (SSSR count). The Hall–Kier alpha value is -1.57. The molecule has 1 atom stereocenters. The van der Waals surface area contributed by atoms with E-state index in [1.54, 1.807) is 0 Å². The van der Waals surface area contributed by atoms with Crippen LogP contribution in [-0.4, -0.2) is 63.4 Å². The SMILES string of the molecule is CC(C)CN(CC(C)C)C(=O)CSc1nnc([C@@H](C)N(C)C)n1-c1ccc(Cl)cc1. The zero-order chi connectivity index (χ0) is 22.4. The fourth-order valence-electron chi connectivity index (χ4n) is 3.09. The molecule has 1 heterocycles. The summed E-state index contributed by atoms with van der Waals surface area (Å²) in [6, 6.07) is 7.68. The molecule has 0 radical (unpaired) electrons. The summed E-state index contributed by atoms with van der Waals surface area (Å²) < 4.78 is 2.02. The Morgan fingerprint density at radius 1 is 1.03 bits per heavy atom. The first-order chi connectivity index (χ1) is 14.1. The number of hydrogen-bond acceptors (Lipinski definition) is 5. The zero-order valence-corrected chi connectivity index (χ0v) is 20.7. The molecular weight excluding hydrogens is 418 g/mol. The average Bonchev–Trinajstić information content (AvgIpc) is 3.08. The van der Waals surface area contributed by atoms with Gasteiger partial charge in [0.2, 0.25) is 5.91 Å². The quantitative estimate of drug-likeness (QED) is 0.486. The van der Waals surface area contributed by atoms with Crippen molar-refractivity contribution in [1.29, 1.82) is 0 Å². The minimum atomic E-state index is 0.0663. The highest BCUT2D eigenvalue weighted by molar-refractivity contribution is 7.99. The Kier molecular flexibility index (Phi) is 9.19. The highest BCUT2D eigenvalue weighted by Crippen LogP contribution is 2.27. The number of hydrogen-bond donors (Lipinski definition) is 0. The molecule has 2 aromatic rings. The van der Waals surface area contributed by atoms with Gasteiger partial charge in [0.05, 0.1) is 11.8 Å². The predicted molar refractivity (Wildman–Crippen MR) is 125 cm³/mol. The molecule has 6 nitrogen and oxygen atoms in total. The van der Waals surface area contributed by atoms with E-state index in [4.69, 9.17) is 11.6 Å². The lowest BCUT2D eigenvalue weighted by Crippen LogP contribution is -2.38. The van der Waals surface area contributed by atoms with E-state index in [0.717, 1.165) is 24.6 Å². The van der Waals surface area contributed by atoms with Gasteiger partial charge in [-0.25, -0.2) is 0 Å². The molecule has 0 N–H and O–H groups in total. The Morgan fingerprint density at radius 3 is 2.10 bits per heavy atom. The van der Waals surface area contributed by atoms with Crippen molar-refractivity contribution in [2.75, 3.05) is 32.9 Å². The van der Waals surface area contributed by atoms with Gasteiger partial charge in [-0.3, -0.25) is 14.3 Å². The summed E-state index contributed by atoms with van der Waals surface area (Å²) in [4.78, 5) is 17.0. The van der Waals surface area contributed by atoms with Gasteiger partial charge in [-0.2, -0.15) is 0 Å². The lowest BCUT2D eigenvalue weighted by molar-refractivity contribution is -0.129. The number of carbonyl (C=O) groups is 1. The number of carbonyl (C=O) groups excluding carboxylic acids is 1. The van der Waals surface area contributed by atoms with E-state index in [0.29, 0.717) is 27.8 Å². The van der Waals surface area contributed by atoms with Gasteiger partial charge in [0.1, 0.15) is 0 Å². The van der Waals surface area contributed by atoms with Crippen LogP contribution in [0.25, 0.3) is 5.69 Å². The lowest BCUT2D eigenvalue weighted by Gasteiger charge is -2.26. The maximum atomic E-state index is 13.0. The Morgan fingerprint density at radius 2 is 1.60 bits per heavy atom. The fraction of sp³-hybridized carbons (Fsp3) is 0.591. The van der Waals surface area contributed by atoms with Crippen molar-refractivity contribution in [3.8, 4) is 5.69 Å². The molecule has 1 aromatic heterocycles. The molecule has 0 unspecified atom stereocenters. The van der Waals surface area contributed by atoms with Crippen molar-refractivity contribution in [2.24, 2.45) is 11.8 Å². The van der Waals surface area contributed by atoms with E-state index in [1.165, 1.54) is 11.8 Å². The van der Waals surface area contributed by atoms with Gasteiger partial charge in [0.15, 0.2) is 11.0 Å². The van der Waals surface area contributed by atoms with Crippen molar-refractivity contribution >= 4 is 29.3 Å². The van der Waals surface area contributed by atoms with Gasteiger partial charge < -0.3 is 4.90 Å². The van der Waals surface area contributed by atoms with Gasteiger partial charge >= 0.3 is 0 Å². The third kappa shape index (κ3) is 6.72. The predicted octanol–water partition coefficient (Wildman–Crippen LogP) is 4.78. The maximum absolute atomic E-state index is 13.0. The van der Waals surface area contributed by atoms with E-state index in [9.17, 15) is 4.79 Å². The van der Waals surface area contributed by atoms with Gasteiger partial charge in [0.25, 0.3) is 0 Å². The number of aromatic nitrogens is 3. The van der Waals surface area contributed by atoms with E-state index >= 15 is 0 Å². The third-order valence-electron chi connectivity index (χ3n) is 4.74. The molecule has 166 valence electrons. The highest BCUT2D eigenvalue weighted by Gasteiger charge is 2.23. The number of nitrogens with zero attached hydrogens (tertiary/aromatic N) is 5. The first-order valence-corrected chi connectivity index (χ1v) is 11.7. The summed E-state index contributed by atoms with van der Waals surface area (Å²) >= 11 is 7.52. The second-order valence-electron chi connectivity index (χ2n) is 8.67. The molecule has 0 spiro atoms. The normalized spacial score (nSPS) is 12.8. The van der Waals surface area contributed by atoms with Crippen LogP contribution < -0.4 is 0 Å². The molecular formula is C22H34ClN5OS. The monoisotopic (exact) mass is 451 g/mol. The first kappa shape index (κ1) is 24.7. The average molecular weight is 452 g/mol. The van der Waals surface area contributed by atoms with Crippen LogP contribution in [0.15, 0.2) is 29.4 Å². The van der Waals surface area contributed by atoms with Crippen molar-refractivity contribution < 1.29 is 4.79 Å². The summed E-state index contributed by atoms with van der Waals surface area (Å²) in [5.41, 5.74) is 0.935. The van der Waals surface area contributed by atoms with E-state index in [1.807, 2.05) is 47.8 Å². The molecule has 0 saturated carbocycles. The van der Waals surface area contributed by atoms with Crippen molar-refractivity contribution in [3.63, 3.8) is 0 Å². The summed E-state index contributed by atoms with van der Waals surface area (Å²) in [5, 5.41) is 10.3. The van der Waals surface area contributed by atoms with Crippen LogP contribution in [0.3, 0.4) is 0 Å². The van der Waals surface area contributed by atoms with Gasteiger partial charge in [-0.15, -0.1) is 10.2 Å². The van der Waals surface area contributed by atoms with Gasteiger partial charge in [-0.1, -0.05) is 51.1 Å². The van der Waals surface area contributed by atoms with Crippen LogP contribution in [-0.2, 0) is 4.79 Å². The molecule has 30 heavy (non-hydrogen) atoms. The third-order valence-corrected chi connectivity index (χ3v) is 5.91. The standard InChI is InChI=1S/C22H34ClN5OS/c1-15(2)12-27(13-16(3)4)20(29)14-30-22-25-24-21(17(5)26(6)7)28(22)19-10-8-18(23)9-11-19/h8-11,15-17H,12-14H2,1-7H3/t17-/m1/s1. The van der Waals surface area contributed by atoms with Crippen LogP contribution in [0.1, 0.15) is 46.5 Å². The van der Waals surface area contributed by atoms with Crippen LogP contribution >= 0.6 is 23.4 Å². The number of thioether (sulfide) groups is 1. The van der Waals surface area contributed by atoms with Crippen molar-refractivity contribution in [2.45, 2.75) is 45.8 Å². The Balaban J connectivity index is 2.28. The molecule has 0 saturated heterocycles. The summed E-state index contributed by atoms with van der Waals surface area (Å²) in [6.45, 7) is 12.2. The molecule has 0 fully saturated rings. The fourth-order valence-corrected chi connectivity index (χ4v) is 4.07. The molecule has 0 bridgehead atoms. The molecule has 0 aliphatic carbocycles. The van der Waals surface area contributed by atoms with E-state index in [2.05, 4.69) is 49.7 Å². The minimum Gasteiger partial charge on any atom is -0.341 e. The molecule has 1 aromatic carbocycles. The van der Waals surface area contributed by atoms with Crippen LogP contribution in [0.2, 0.25) is 5.02 Å². The summed E-state index contributed by atoms with van der Waals surface area (Å²) in [7, 11) is 4.02. The molecule has 1 amide bonds. The Bertz CT molecular complexity index is 809. The second-order valence-corrected chi connectivity index (χ2v) is 10.0. The number of rotatable bonds is 10. The smallest absolute Gasteiger partial charge is 0.233 e. The van der Waals surface area contributed by atoms with Crippen molar-refractivity contribution in [3.05, 3.63) is 35.1 Å². The van der Waals surface area contributed by atoms with Crippen LogP contribution in [0, 0.1) is 11.8 Å². The molecule has 0 aliphatic heterocycles. The lowest BCUT2D eigenvalue weighted by atomic mass is 10.1. The van der Waals surface area contributed by atoms with Gasteiger partial charge in [0, 0.05) is 23.8 Å². The van der Waals surface area contributed by atoms with Crippen LogP contribution in [0.5, 0.6) is 0 Å². The first-order valence-electron chi connectivity index (χ1n) is 10.4. The number of amides is 1.